The normalized spacial score (nSPS) is 10.4. The number of rotatable bonds is 6. The lowest BCUT2D eigenvalue weighted by Crippen LogP contribution is -2.23. The van der Waals surface area contributed by atoms with Crippen molar-refractivity contribution >= 4 is 5.91 Å². The second kappa shape index (κ2) is 7.74. The summed E-state index contributed by atoms with van der Waals surface area (Å²) in [6, 6.07) is 15.2. The standard InChI is InChI=1S/C20H21N3O3/c1-13-4-6-14(7-5-13)17-11-18(23-22-17)20(24)21-12-15-8-9-16(25-2)10-19(15)26-3/h4-11H,12H2,1-3H3,(H,21,24)(H,22,23). The lowest BCUT2D eigenvalue weighted by Gasteiger charge is -2.10. The lowest BCUT2D eigenvalue weighted by molar-refractivity contribution is 0.0945. The molecule has 3 aromatic rings. The summed E-state index contributed by atoms with van der Waals surface area (Å²) in [5.74, 6) is 1.14. The van der Waals surface area contributed by atoms with Gasteiger partial charge in [-0.3, -0.25) is 9.89 Å². The van der Waals surface area contributed by atoms with E-state index in [1.807, 2.05) is 43.3 Å². The number of nitrogens with one attached hydrogen (secondary N) is 2. The van der Waals surface area contributed by atoms with Crippen molar-refractivity contribution in [2.45, 2.75) is 13.5 Å². The van der Waals surface area contributed by atoms with Crippen LogP contribution in [0.5, 0.6) is 11.5 Å². The first kappa shape index (κ1) is 17.5. The Morgan fingerprint density at radius 2 is 1.85 bits per heavy atom. The third-order valence-corrected chi connectivity index (χ3v) is 4.10. The van der Waals surface area contributed by atoms with E-state index in [1.54, 1.807) is 26.4 Å². The Labute approximate surface area is 152 Å². The fourth-order valence-corrected chi connectivity index (χ4v) is 2.58. The molecule has 26 heavy (non-hydrogen) atoms. The minimum Gasteiger partial charge on any atom is -0.497 e. The number of hydrogen-bond acceptors (Lipinski definition) is 4. The van der Waals surface area contributed by atoms with Gasteiger partial charge in [-0.1, -0.05) is 29.8 Å². The number of nitrogens with zero attached hydrogens (tertiary/aromatic N) is 1. The van der Waals surface area contributed by atoms with Gasteiger partial charge in [-0.05, 0) is 25.1 Å². The van der Waals surface area contributed by atoms with Gasteiger partial charge in [0.1, 0.15) is 17.2 Å². The summed E-state index contributed by atoms with van der Waals surface area (Å²) in [7, 11) is 3.18. The molecule has 3 rings (SSSR count). The van der Waals surface area contributed by atoms with E-state index >= 15 is 0 Å². The summed E-state index contributed by atoms with van der Waals surface area (Å²) in [6.07, 6.45) is 0. The monoisotopic (exact) mass is 351 g/mol. The number of carbonyl (C=O) groups excluding carboxylic acids is 1. The van der Waals surface area contributed by atoms with E-state index in [0.717, 1.165) is 16.8 Å². The molecule has 0 spiro atoms. The molecule has 0 saturated carbocycles. The summed E-state index contributed by atoms with van der Waals surface area (Å²) in [5, 5.41) is 9.88. The highest BCUT2D eigenvalue weighted by Gasteiger charge is 2.12. The van der Waals surface area contributed by atoms with Gasteiger partial charge in [-0.15, -0.1) is 0 Å². The maximum Gasteiger partial charge on any atom is 0.269 e. The number of aromatic nitrogens is 2. The largest absolute Gasteiger partial charge is 0.497 e. The van der Waals surface area contributed by atoms with Crippen molar-refractivity contribution in [1.29, 1.82) is 0 Å². The van der Waals surface area contributed by atoms with Crippen LogP contribution in [0.25, 0.3) is 11.3 Å². The fourth-order valence-electron chi connectivity index (χ4n) is 2.58. The number of aromatic amines is 1. The van der Waals surface area contributed by atoms with Crippen molar-refractivity contribution in [3.8, 4) is 22.8 Å². The van der Waals surface area contributed by atoms with Gasteiger partial charge in [-0.2, -0.15) is 5.10 Å². The number of carbonyl (C=O) groups is 1. The first-order chi connectivity index (χ1) is 12.6. The van der Waals surface area contributed by atoms with Crippen LogP contribution in [0.15, 0.2) is 48.5 Å². The van der Waals surface area contributed by atoms with E-state index in [9.17, 15) is 4.79 Å². The molecule has 6 heteroatoms. The predicted molar refractivity (Wildman–Crippen MR) is 99.5 cm³/mol. The molecule has 0 atom stereocenters. The summed E-state index contributed by atoms with van der Waals surface area (Å²) in [6.45, 7) is 2.37. The number of hydrogen-bond donors (Lipinski definition) is 2. The molecular formula is C20H21N3O3. The van der Waals surface area contributed by atoms with Crippen LogP contribution in [0, 0.1) is 6.92 Å². The van der Waals surface area contributed by atoms with Crippen molar-refractivity contribution < 1.29 is 14.3 Å². The van der Waals surface area contributed by atoms with Gasteiger partial charge >= 0.3 is 0 Å². The van der Waals surface area contributed by atoms with E-state index < -0.39 is 0 Å². The third kappa shape index (κ3) is 3.85. The highest BCUT2D eigenvalue weighted by molar-refractivity contribution is 5.93. The Hall–Kier alpha value is -3.28. The van der Waals surface area contributed by atoms with Crippen molar-refractivity contribution in [3.63, 3.8) is 0 Å². The molecule has 1 heterocycles. The molecule has 0 aliphatic carbocycles. The van der Waals surface area contributed by atoms with Crippen LogP contribution in [0.4, 0.5) is 0 Å². The lowest BCUT2D eigenvalue weighted by atomic mass is 10.1. The van der Waals surface area contributed by atoms with Gasteiger partial charge in [0, 0.05) is 23.7 Å². The molecule has 0 bridgehead atoms. The van der Waals surface area contributed by atoms with Gasteiger partial charge in [0.05, 0.1) is 19.9 Å². The first-order valence-corrected chi connectivity index (χ1v) is 8.22. The quantitative estimate of drug-likeness (QED) is 0.714. The van der Waals surface area contributed by atoms with Crippen LogP contribution in [0.2, 0.25) is 0 Å². The van der Waals surface area contributed by atoms with Crippen LogP contribution in [0.3, 0.4) is 0 Å². The van der Waals surface area contributed by atoms with Crippen molar-refractivity contribution in [3.05, 3.63) is 65.4 Å². The number of benzene rings is 2. The van der Waals surface area contributed by atoms with Crippen LogP contribution >= 0.6 is 0 Å². The Balaban J connectivity index is 1.68. The van der Waals surface area contributed by atoms with E-state index in [4.69, 9.17) is 9.47 Å². The van der Waals surface area contributed by atoms with Crippen LogP contribution < -0.4 is 14.8 Å². The molecule has 0 unspecified atom stereocenters. The second-order valence-electron chi connectivity index (χ2n) is 5.89. The second-order valence-corrected chi connectivity index (χ2v) is 5.89. The molecule has 1 amide bonds. The molecular weight excluding hydrogens is 330 g/mol. The molecule has 6 nitrogen and oxygen atoms in total. The van der Waals surface area contributed by atoms with Gasteiger partial charge < -0.3 is 14.8 Å². The van der Waals surface area contributed by atoms with Crippen molar-refractivity contribution in [2.24, 2.45) is 0 Å². The topological polar surface area (TPSA) is 76.2 Å². The molecule has 1 aromatic heterocycles. The SMILES string of the molecule is COc1ccc(CNC(=O)c2cc(-c3ccc(C)cc3)n[nH]2)c(OC)c1. The number of amides is 1. The summed E-state index contributed by atoms with van der Waals surface area (Å²) in [5.41, 5.74) is 4.14. The summed E-state index contributed by atoms with van der Waals surface area (Å²) < 4.78 is 10.5. The molecule has 0 fully saturated rings. The Kier molecular flexibility index (Phi) is 5.22. The minimum atomic E-state index is -0.228. The summed E-state index contributed by atoms with van der Waals surface area (Å²) in [4.78, 5) is 12.4. The first-order valence-electron chi connectivity index (χ1n) is 8.22. The summed E-state index contributed by atoms with van der Waals surface area (Å²) >= 11 is 0. The van der Waals surface area contributed by atoms with E-state index in [0.29, 0.717) is 23.7 Å². The predicted octanol–water partition coefficient (Wildman–Crippen LogP) is 3.33. The maximum atomic E-state index is 12.4. The van der Waals surface area contributed by atoms with E-state index in [2.05, 4.69) is 15.5 Å². The Morgan fingerprint density at radius 3 is 2.54 bits per heavy atom. The highest BCUT2D eigenvalue weighted by atomic mass is 16.5. The van der Waals surface area contributed by atoms with E-state index in [1.165, 1.54) is 5.56 Å². The zero-order valence-electron chi connectivity index (χ0n) is 15.0. The van der Waals surface area contributed by atoms with Gasteiger partial charge in [0.2, 0.25) is 0 Å². The third-order valence-electron chi connectivity index (χ3n) is 4.10. The number of H-pyrrole nitrogens is 1. The number of methoxy groups -OCH3 is 2. The molecule has 0 aliphatic heterocycles. The molecule has 0 saturated heterocycles. The van der Waals surface area contributed by atoms with Gasteiger partial charge in [0.15, 0.2) is 0 Å². The zero-order chi connectivity index (χ0) is 18.5. The zero-order valence-corrected chi connectivity index (χ0v) is 15.0. The van der Waals surface area contributed by atoms with Crippen LogP contribution in [-0.2, 0) is 6.54 Å². The Bertz CT molecular complexity index is 901. The van der Waals surface area contributed by atoms with Crippen LogP contribution in [-0.4, -0.2) is 30.3 Å². The molecule has 2 N–H and O–H groups in total. The van der Waals surface area contributed by atoms with Crippen molar-refractivity contribution in [2.75, 3.05) is 14.2 Å². The number of ether oxygens (including phenoxy) is 2. The highest BCUT2D eigenvalue weighted by Crippen LogP contribution is 2.24. The average molecular weight is 351 g/mol. The molecule has 0 radical (unpaired) electrons. The number of aryl methyl sites for hydroxylation is 1. The van der Waals surface area contributed by atoms with Crippen molar-refractivity contribution in [1.82, 2.24) is 15.5 Å². The molecule has 0 aliphatic rings. The smallest absolute Gasteiger partial charge is 0.269 e. The molecule has 134 valence electrons. The maximum absolute atomic E-state index is 12.4. The fraction of sp³-hybridized carbons (Fsp3) is 0.200. The van der Waals surface area contributed by atoms with Crippen LogP contribution in [0.1, 0.15) is 21.6 Å². The Morgan fingerprint density at radius 1 is 1.08 bits per heavy atom. The van der Waals surface area contributed by atoms with Gasteiger partial charge in [-0.25, -0.2) is 0 Å². The average Bonchev–Trinajstić information content (AvgIpc) is 3.16. The van der Waals surface area contributed by atoms with Gasteiger partial charge in [0.25, 0.3) is 5.91 Å². The van der Waals surface area contributed by atoms with E-state index in [-0.39, 0.29) is 5.91 Å². The minimum absolute atomic E-state index is 0.228. The molecule has 2 aromatic carbocycles.